The van der Waals surface area contributed by atoms with Crippen LogP contribution >= 0.6 is 0 Å². The van der Waals surface area contributed by atoms with Crippen LogP contribution in [0.15, 0.2) is 12.3 Å². The fourth-order valence-corrected chi connectivity index (χ4v) is 2.03. The summed E-state index contributed by atoms with van der Waals surface area (Å²) in [4.78, 5) is 3.59. The molecule has 1 saturated heterocycles. The molecular formula is C12H17FN2O2. The van der Waals surface area contributed by atoms with Crippen molar-refractivity contribution < 1.29 is 13.9 Å². The van der Waals surface area contributed by atoms with Crippen molar-refractivity contribution in [1.82, 2.24) is 10.3 Å². The smallest absolute Gasteiger partial charge is 0.255 e. The quantitative estimate of drug-likeness (QED) is 0.814. The number of hydrogen-bond donors (Lipinski definition) is 1. The SMILES string of the molecule is COc1cc(OC(C)[C@@H]2CCCN2)cnc1F. The molecule has 1 aliphatic rings. The number of nitrogens with one attached hydrogen (secondary N) is 1. The second-order valence-electron chi connectivity index (χ2n) is 4.19. The van der Waals surface area contributed by atoms with Gasteiger partial charge in [0.25, 0.3) is 5.95 Å². The molecule has 0 spiro atoms. The van der Waals surface area contributed by atoms with Crippen LogP contribution in [0, 0.1) is 5.95 Å². The summed E-state index contributed by atoms with van der Waals surface area (Å²) in [5.74, 6) is 0.0185. The highest BCUT2D eigenvalue weighted by molar-refractivity contribution is 5.29. The van der Waals surface area contributed by atoms with Crippen LogP contribution in [-0.2, 0) is 0 Å². The summed E-state index contributed by atoms with van der Waals surface area (Å²) in [6.45, 7) is 3.03. The molecule has 4 nitrogen and oxygen atoms in total. The summed E-state index contributed by atoms with van der Waals surface area (Å²) in [5.41, 5.74) is 0. The van der Waals surface area contributed by atoms with E-state index >= 15 is 0 Å². The predicted octanol–water partition coefficient (Wildman–Crippen LogP) is 1.75. The van der Waals surface area contributed by atoms with E-state index in [1.807, 2.05) is 6.92 Å². The molecule has 0 radical (unpaired) electrons. The van der Waals surface area contributed by atoms with E-state index in [0.717, 1.165) is 13.0 Å². The van der Waals surface area contributed by atoms with Gasteiger partial charge in [-0.05, 0) is 26.3 Å². The lowest BCUT2D eigenvalue weighted by molar-refractivity contribution is 0.178. The maximum atomic E-state index is 13.1. The second-order valence-corrected chi connectivity index (χ2v) is 4.19. The molecule has 0 aromatic carbocycles. The molecule has 1 aromatic rings. The molecule has 0 bridgehead atoms. The molecule has 94 valence electrons. The van der Waals surface area contributed by atoms with Crippen molar-refractivity contribution in [3.05, 3.63) is 18.2 Å². The van der Waals surface area contributed by atoms with E-state index in [1.165, 1.54) is 25.8 Å². The summed E-state index contributed by atoms with van der Waals surface area (Å²) in [7, 11) is 1.41. The Balaban J connectivity index is 2.02. The van der Waals surface area contributed by atoms with E-state index in [4.69, 9.17) is 9.47 Å². The van der Waals surface area contributed by atoms with Crippen molar-refractivity contribution in [2.45, 2.75) is 31.9 Å². The highest BCUT2D eigenvalue weighted by Crippen LogP contribution is 2.23. The third-order valence-electron chi connectivity index (χ3n) is 2.99. The van der Waals surface area contributed by atoms with E-state index in [2.05, 4.69) is 10.3 Å². The lowest BCUT2D eigenvalue weighted by Gasteiger charge is -2.21. The van der Waals surface area contributed by atoms with Gasteiger partial charge in [0.15, 0.2) is 5.75 Å². The molecule has 0 amide bonds. The Morgan fingerprint density at radius 1 is 1.59 bits per heavy atom. The van der Waals surface area contributed by atoms with E-state index in [1.54, 1.807) is 0 Å². The molecule has 5 heteroatoms. The van der Waals surface area contributed by atoms with Crippen molar-refractivity contribution in [3.63, 3.8) is 0 Å². The first kappa shape index (κ1) is 12.1. The molecule has 17 heavy (non-hydrogen) atoms. The molecule has 0 saturated carbocycles. The number of methoxy groups -OCH3 is 1. The van der Waals surface area contributed by atoms with E-state index in [0.29, 0.717) is 11.8 Å². The predicted molar refractivity (Wildman–Crippen MR) is 61.9 cm³/mol. The van der Waals surface area contributed by atoms with Crippen LogP contribution in [0.4, 0.5) is 4.39 Å². The second kappa shape index (κ2) is 5.31. The average molecular weight is 240 g/mol. The van der Waals surface area contributed by atoms with E-state index in [9.17, 15) is 4.39 Å². The Hall–Kier alpha value is -1.36. The monoisotopic (exact) mass is 240 g/mol. The topological polar surface area (TPSA) is 43.4 Å². The fraction of sp³-hybridized carbons (Fsp3) is 0.583. The van der Waals surface area contributed by atoms with Crippen LogP contribution in [0.5, 0.6) is 11.5 Å². The van der Waals surface area contributed by atoms with Crippen molar-refractivity contribution in [1.29, 1.82) is 0 Å². The van der Waals surface area contributed by atoms with Crippen LogP contribution < -0.4 is 14.8 Å². The number of nitrogens with zero attached hydrogens (tertiary/aromatic N) is 1. The van der Waals surface area contributed by atoms with Gasteiger partial charge in [-0.3, -0.25) is 0 Å². The van der Waals surface area contributed by atoms with Gasteiger partial charge in [-0.2, -0.15) is 4.39 Å². The molecular weight excluding hydrogens is 223 g/mol. The Kier molecular flexibility index (Phi) is 3.78. The first-order valence-electron chi connectivity index (χ1n) is 5.80. The fourth-order valence-electron chi connectivity index (χ4n) is 2.03. The largest absolute Gasteiger partial charge is 0.492 e. The van der Waals surface area contributed by atoms with Gasteiger partial charge in [0.1, 0.15) is 11.9 Å². The summed E-state index contributed by atoms with van der Waals surface area (Å²) in [6.07, 6.45) is 3.69. The molecule has 2 atom stereocenters. The zero-order chi connectivity index (χ0) is 12.3. The van der Waals surface area contributed by atoms with Crippen molar-refractivity contribution in [2.75, 3.05) is 13.7 Å². The summed E-state index contributed by atoms with van der Waals surface area (Å²) < 4.78 is 23.7. The van der Waals surface area contributed by atoms with Gasteiger partial charge in [-0.25, -0.2) is 4.98 Å². The zero-order valence-electron chi connectivity index (χ0n) is 10.1. The molecule has 2 rings (SSSR count). The van der Waals surface area contributed by atoms with Crippen molar-refractivity contribution in [3.8, 4) is 11.5 Å². The Labute approximate surface area is 100 Å². The number of ether oxygens (including phenoxy) is 2. The van der Waals surface area contributed by atoms with Gasteiger partial charge < -0.3 is 14.8 Å². The molecule has 1 N–H and O–H groups in total. The number of halogens is 1. The molecule has 1 aliphatic heterocycles. The van der Waals surface area contributed by atoms with Crippen LogP contribution in [-0.4, -0.2) is 30.8 Å². The summed E-state index contributed by atoms with van der Waals surface area (Å²) in [5, 5.41) is 3.37. The Morgan fingerprint density at radius 2 is 2.41 bits per heavy atom. The average Bonchev–Trinajstić information content (AvgIpc) is 2.85. The summed E-state index contributed by atoms with van der Waals surface area (Å²) >= 11 is 0. The van der Waals surface area contributed by atoms with Crippen molar-refractivity contribution in [2.24, 2.45) is 0 Å². The lowest BCUT2D eigenvalue weighted by Crippen LogP contribution is -2.36. The lowest BCUT2D eigenvalue weighted by atomic mass is 10.1. The molecule has 1 aromatic heterocycles. The standard InChI is InChI=1S/C12H17FN2O2/c1-8(10-4-3-5-14-10)17-9-6-11(16-2)12(13)15-7-9/h6-8,10,14H,3-5H2,1-2H3/t8?,10-/m0/s1. The van der Waals surface area contributed by atoms with Gasteiger partial charge in [0.05, 0.1) is 13.3 Å². The minimum atomic E-state index is -0.619. The van der Waals surface area contributed by atoms with Gasteiger partial charge >= 0.3 is 0 Å². The van der Waals surface area contributed by atoms with Gasteiger partial charge in [-0.1, -0.05) is 0 Å². The third-order valence-corrected chi connectivity index (χ3v) is 2.99. The molecule has 2 heterocycles. The van der Waals surface area contributed by atoms with Gasteiger partial charge in [-0.15, -0.1) is 0 Å². The highest BCUT2D eigenvalue weighted by Gasteiger charge is 2.22. The number of hydrogen-bond acceptors (Lipinski definition) is 4. The minimum absolute atomic E-state index is 0.0365. The van der Waals surface area contributed by atoms with Crippen molar-refractivity contribution >= 4 is 0 Å². The van der Waals surface area contributed by atoms with E-state index < -0.39 is 5.95 Å². The minimum Gasteiger partial charge on any atom is -0.492 e. The maximum absolute atomic E-state index is 13.1. The number of rotatable bonds is 4. The van der Waals surface area contributed by atoms with E-state index in [-0.39, 0.29) is 11.9 Å². The summed E-state index contributed by atoms with van der Waals surface area (Å²) in [6, 6.07) is 1.87. The van der Waals surface area contributed by atoms with Crippen LogP contribution in [0.2, 0.25) is 0 Å². The van der Waals surface area contributed by atoms with Crippen LogP contribution in [0.1, 0.15) is 19.8 Å². The Bertz CT molecular complexity index is 381. The van der Waals surface area contributed by atoms with Crippen LogP contribution in [0.25, 0.3) is 0 Å². The zero-order valence-corrected chi connectivity index (χ0v) is 10.1. The highest BCUT2D eigenvalue weighted by atomic mass is 19.1. The first-order valence-corrected chi connectivity index (χ1v) is 5.80. The molecule has 1 unspecified atom stereocenters. The number of aromatic nitrogens is 1. The van der Waals surface area contributed by atoms with Gasteiger partial charge in [0, 0.05) is 12.1 Å². The third kappa shape index (κ3) is 2.85. The molecule has 0 aliphatic carbocycles. The van der Waals surface area contributed by atoms with Gasteiger partial charge in [0.2, 0.25) is 0 Å². The normalized spacial score (nSPS) is 21.2. The maximum Gasteiger partial charge on any atom is 0.255 e. The molecule has 1 fully saturated rings. The Morgan fingerprint density at radius 3 is 3.06 bits per heavy atom. The first-order chi connectivity index (χ1) is 8.20. The number of pyridine rings is 1. The van der Waals surface area contributed by atoms with Crippen LogP contribution in [0.3, 0.4) is 0 Å².